The van der Waals surface area contributed by atoms with Crippen LogP contribution < -0.4 is 5.73 Å². The van der Waals surface area contributed by atoms with Crippen molar-refractivity contribution in [3.8, 4) is 0 Å². The number of rotatable bonds is 3. The Morgan fingerprint density at radius 2 is 2.40 bits per heavy atom. The molecule has 0 radical (unpaired) electrons. The number of ether oxygens (including phenoxy) is 1. The van der Waals surface area contributed by atoms with Crippen LogP contribution in [-0.4, -0.2) is 23.2 Å². The standard InChI is InChI=1S/C9H11N3O2S/c1-14-8(13)6-2-3-7(12-4-6)5-15-9(10)11/h2-4H,5H2,1H3,(H3,10,11). The van der Waals surface area contributed by atoms with Crippen molar-refractivity contribution in [2.75, 3.05) is 7.11 Å². The molecular weight excluding hydrogens is 214 g/mol. The number of nitrogens with zero attached hydrogens (tertiary/aromatic N) is 1. The van der Waals surface area contributed by atoms with Gasteiger partial charge in [-0.2, -0.15) is 0 Å². The summed E-state index contributed by atoms with van der Waals surface area (Å²) in [5.74, 6) is 0.116. The number of thioether (sulfide) groups is 1. The topological polar surface area (TPSA) is 89.1 Å². The molecule has 0 aromatic carbocycles. The van der Waals surface area contributed by atoms with Gasteiger partial charge in [-0.05, 0) is 12.1 Å². The van der Waals surface area contributed by atoms with E-state index in [2.05, 4.69) is 9.72 Å². The molecule has 80 valence electrons. The Kier molecular flexibility index (Phi) is 4.11. The lowest BCUT2D eigenvalue weighted by Crippen LogP contribution is -2.05. The molecule has 3 N–H and O–H groups in total. The van der Waals surface area contributed by atoms with Gasteiger partial charge >= 0.3 is 5.97 Å². The summed E-state index contributed by atoms with van der Waals surface area (Å²) in [7, 11) is 1.32. The molecule has 1 aromatic heterocycles. The summed E-state index contributed by atoms with van der Waals surface area (Å²) in [5, 5.41) is 7.07. The number of aromatic nitrogens is 1. The van der Waals surface area contributed by atoms with Crippen molar-refractivity contribution in [3.05, 3.63) is 29.6 Å². The molecule has 0 aliphatic rings. The Morgan fingerprint density at radius 3 is 2.87 bits per heavy atom. The van der Waals surface area contributed by atoms with Gasteiger partial charge in [-0.3, -0.25) is 10.4 Å². The molecule has 0 bridgehead atoms. The van der Waals surface area contributed by atoms with E-state index in [9.17, 15) is 4.79 Å². The van der Waals surface area contributed by atoms with E-state index in [1.807, 2.05) is 0 Å². The van der Waals surface area contributed by atoms with Gasteiger partial charge in [-0.1, -0.05) is 11.8 Å². The SMILES string of the molecule is COC(=O)c1ccc(CSC(=N)N)nc1. The van der Waals surface area contributed by atoms with Crippen LogP contribution in [-0.2, 0) is 10.5 Å². The second kappa shape index (κ2) is 5.35. The van der Waals surface area contributed by atoms with E-state index in [-0.39, 0.29) is 5.17 Å². The molecule has 1 rings (SSSR count). The van der Waals surface area contributed by atoms with Crippen molar-refractivity contribution >= 4 is 22.9 Å². The summed E-state index contributed by atoms with van der Waals surface area (Å²) in [6, 6.07) is 3.34. The van der Waals surface area contributed by atoms with Gasteiger partial charge in [0.05, 0.1) is 18.4 Å². The number of nitrogens with two attached hydrogens (primary N) is 1. The van der Waals surface area contributed by atoms with Gasteiger partial charge in [0.15, 0.2) is 5.17 Å². The summed E-state index contributed by atoms with van der Waals surface area (Å²) in [6.07, 6.45) is 1.45. The predicted octanol–water partition coefficient (Wildman–Crippen LogP) is 0.995. The fraction of sp³-hybridized carbons (Fsp3) is 0.222. The lowest BCUT2D eigenvalue weighted by atomic mass is 10.2. The summed E-state index contributed by atoms with van der Waals surface area (Å²) in [5.41, 5.74) is 6.36. The number of hydrogen-bond acceptors (Lipinski definition) is 5. The molecule has 0 fully saturated rings. The average Bonchev–Trinajstić information content (AvgIpc) is 2.26. The van der Waals surface area contributed by atoms with Gasteiger partial charge in [-0.15, -0.1) is 0 Å². The van der Waals surface area contributed by atoms with Crippen LogP contribution in [0.5, 0.6) is 0 Å². The van der Waals surface area contributed by atoms with E-state index in [4.69, 9.17) is 11.1 Å². The maximum absolute atomic E-state index is 11.1. The molecule has 0 saturated heterocycles. The molecule has 0 amide bonds. The molecule has 15 heavy (non-hydrogen) atoms. The van der Waals surface area contributed by atoms with Crippen LogP contribution in [0.2, 0.25) is 0 Å². The molecule has 6 heteroatoms. The maximum Gasteiger partial charge on any atom is 0.339 e. The van der Waals surface area contributed by atoms with Gasteiger partial charge in [0.1, 0.15) is 0 Å². The molecule has 0 saturated carbocycles. The van der Waals surface area contributed by atoms with Crippen LogP contribution >= 0.6 is 11.8 Å². The first kappa shape index (κ1) is 11.5. The molecule has 0 unspecified atom stereocenters. The number of pyridine rings is 1. The number of nitrogens with one attached hydrogen (secondary N) is 1. The normalized spacial score (nSPS) is 9.67. The van der Waals surface area contributed by atoms with Crippen molar-refractivity contribution in [1.82, 2.24) is 4.98 Å². The summed E-state index contributed by atoms with van der Waals surface area (Å²) in [6.45, 7) is 0. The van der Waals surface area contributed by atoms with E-state index >= 15 is 0 Å². The predicted molar refractivity (Wildman–Crippen MR) is 58.8 cm³/mol. The van der Waals surface area contributed by atoms with Gasteiger partial charge < -0.3 is 10.5 Å². The fourth-order valence-corrected chi connectivity index (χ4v) is 1.37. The van der Waals surface area contributed by atoms with E-state index in [1.165, 1.54) is 25.1 Å². The number of methoxy groups -OCH3 is 1. The smallest absolute Gasteiger partial charge is 0.339 e. The highest BCUT2D eigenvalue weighted by molar-refractivity contribution is 8.13. The van der Waals surface area contributed by atoms with Crippen molar-refractivity contribution in [3.63, 3.8) is 0 Å². The zero-order valence-electron chi connectivity index (χ0n) is 8.19. The number of amidine groups is 1. The van der Waals surface area contributed by atoms with Gasteiger partial charge in [0.25, 0.3) is 0 Å². The Labute approximate surface area is 91.5 Å². The van der Waals surface area contributed by atoms with Crippen LogP contribution in [0, 0.1) is 5.41 Å². The van der Waals surface area contributed by atoms with E-state index in [0.717, 1.165) is 5.69 Å². The molecular formula is C9H11N3O2S. The zero-order chi connectivity index (χ0) is 11.3. The average molecular weight is 225 g/mol. The minimum atomic E-state index is -0.409. The third-order valence-corrected chi connectivity index (χ3v) is 2.37. The molecule has 0 atom stereocenters. The van der Waals surface area contributed by atoms with Crippen LogP contribution in [0.4, 0.5) is 0 Å². The minimum Gasteiger partial charge on any atom is -0.465 e. The van der Waals surface area contributed by atoms with Crippen molar-refractivity contribution in [2.24, 2.45) is 5.73 Å². The lowest BCUT2D eigenvalue weighted by Gasteiger charge is -2.01. The first-order valence-electron chi connectivity index (χ1n) is 4.13. The van der Waals surface area contributed by atoms with Crippen LogP contribution in [0.25, 0.3) is 0 Å². The zero-order valence-corrected chi connectivity index (χ0v) is 9.00. The molecule has 0 aliphatic carbocycles. The molecule has 5 nitrogen and oxygen atoms in total. The Balaban J connectivity index is 2.64. The highest BCUT2D eigenvalue weighted by Crippen LogP contribution is 2.09. The molecule has 0 aliphatic heterocycles. The summed E-state index contributed by atoms with van der Waals surface area (Å²) < 4.78 is 4.54. The first-order valence-corrected chi connectivity index (χ1v) is 5.12. The van der Waals surface area contributed by atoms with Crippen molar-refractivity contribution < 1.29 is 9.53 Å². The van der Waals surface area contributed by atoms with Crippen molar-refractivity contribution in [1.29, 1.82) is 5.41 Å². The van der Waals surface area contributed by atoms with Crippen LogP contribution in [0.3, 0.4) is 0 Å². The number of hydrogen-bond donors (Lipinski definition) is 2. The number of carbonyl (C=O) groups excluding carboxylic acids is 1. The van der Waals surface area contributed by atoms with E-state index < -0.39 is 5.97 Å². The first-order chi connectivity index (χ1) is 7.13. The monoisotopic (exact) mass is 225 g/mol. The summed E-state index contributed by atoms with van der Waals surface area (Å²) in [4.78, 5) is 15.1. The van der Waals surface area contributed by atoms with E-state index in [0.29, 0.717) is 11.3 Å². The van der Waals surface area contributed by atoms with Crippen molar-refractivity contribution in [2.45, 2.75) is 5.75 Å². The largest absolute Gasteiger partial charge is 0.465 e. The van der Waals surface area contributed by atoms with Gasteiger partial charge in [0.2, 0.25) is 0 Å². The third-order valence-electron chi connectivity index (χ3n) is 1.62. The molecule has 1 aromatic rings. The Hall–Kier alpha value is -1.56. The van der Waals surface area contributed by atoms with E-state index in [1.54, 1.807) is 12.1 Å². The Morgan fingerprint density at radius 1 is 1.67 bits per heavy atom. The van der Waals surface area contributed by atoms with Gasteiger partial charge in [0, 0.05) is 11.9 Å². The second-order valence-corrected chi connectivity index (χ2v) is 3.70. The maximum atomic E-state index is 11.1. The van der Waals surface area contributed by atoms with Gasteiger partial charge in [-0.25, -0.2) is 4.79 Å². The second-order valence-electron chi connectivity index (χ2n) is 2.68. The minimum absolute atomic E-state index is 0.0499. The highest BCUT2D eigenvalue weighted by Gasteiger charge is 2.05. The third kappa shape index (κ3) is 3.59. The quantitative estimate of drug-likeness (QED) is 0.455. The highest BCUT2D eigenvalue weighted by atomic mass is 32.2. The lowest BCUT2D eigenvalue weighted by molar-refractivity contribution is 0.0600. The molecule has 0 spiro atoms. The molecule has 1 heterocycles. The fourth-order valence-electron chi connectivity index (χ4n) is 0.900. The summed E-state index contributed by atoms with van der Waals surface area (Å²) >= 11 is 1.19. The number of esters is 1. The van der Waals surface area contributed by atoms with Crippen LogP contribution in [0.15, 0.2) is 18.3 Å². The number of carbonyl (C=O) groups is 1. The van der Waals surface area contributed by atoms with Crippen LogP contribution in [0.1, 0.15) is 16.1 Å². The Bertz CT molecular complexity index is 364.